The maximum Gasteiger partial charge on any atom is 0.260 e. The second-order valence-corrected chi connectivity index (χ2v) is 6.15. The van der Waals surface area contributed by atoms with Crippen molar-refractivity contribution in [1.82, 2.24) is 9.88 Å². The standard InChI is InChI=1S/C19H22N2O4/c1-12-4-5-15(18(22)20-12)19(23)21-8-6-13-10-16(24-2)17(25-3)11-14(13)7-9-21/h4-5,10-11H,6-9H2,1-3H3,(H,20,22). The zero-order valence-electron chi connectivity index (χ0n) is 14.7. The minimum Gasteiger partial charge on any atom is -0.493 e. The van der Waals surface area contributed by atoms with E-state index in [1.807, 2.05) is 12.1 Å². The number of methoxy groups -OCH3 is 2. The van der Waals surface area contributed by atoms with Gasteiger partial charge in [-0.1, -0.05) is 0 Å². The zero-order valence-corrected chi connectivity index (χ0v) is 14.7. The van der Waals surface area contributed by atoms with E-state index in [9.17, 15) is 9.59 Å². The van der Waals surface area contributed by atoms with Crippen LogP contribution in [-0.2, 0) is 12.8 Å². The summed E-state index contributed by atoms with van der Waals surface area (Å²) in [5.41, 5.74) is 2.88. The van der Waals surface area contributed by atoms with Crippen molar-refractivity contribution < 1.29 is 14.3 Å². The van der Waals surface area contributed by atoms with Gasteiger partial charge < -0.3 is 19.4 Å². The van der Waals surface area contributed by atoms with Gasteiger partial charge in [-0.25, -0.2) is 0 Å². The Morgan fingerprint density at radius 3 is 2.08 bits per heavy atom. The smallest absolute Gasteiger partial charge is 0.260 e. The van der Waals surface area contributed by atoms with Gasteiger partial charge in [0.2, 0.25) is 0 Å². The SMILES string of the molecule is COc1cc2c(cc1OC)CCN(C(=O)c1ccc(C)[nH]c1=O)CC2. The molecular weight excluding hydrogens is 320 g/mol. The van der Waals surface area contributed by atoms with Gasteiger partial charge in [-0.05, 0) is 55.2 Å². The summed E-state index contributed by atoms with van der Waals surface area (Å²) < 4.78 is 10.7. The Kier molecular flexibility index (Phi) is 4.79. The van der Waals surface area contributed by atoms with Gasteiger partial charge in [-0.2, -0.15) is 0 Å². The molecule has 0 saturated heterocycles. The Labute approximate surface area is 146 Å². The van der Waals surface area contributed by atoms with Gasteiger partial charge in [0, 0.05) is 18.8 Å². The number of aromatic amines is 1. The number of aromatic nitrogens is 1. The monoisotopic (exact) mass is 342 g/mol. The van der Waals surface area contributed by atoms with E-state index in [0.29, 0.717) is 37.4 Å². The molecule has 0 fully saturated rings. The summed E-state index contributed by atoms with van der Waals surface area (Å²) in [4.78, 5) is 29.2. The summed E-state index contributed by atoms with van der Waals surface area (Å²) in [6.07, 6.45) is 1.43. The van der Waals surface area contributed by atoms with E-state index in [1.54, 1.807) is 38.2 Å². The van der Waals surface area contributed by atoms with Gasteiger partial charge in [0.25, 0.3) is 11.5 Å². The van der Waals surface area contributed by atoms with E-state index in [1.165, 1.54) is 0 Å². The predicted octanol–water partition coefficient (Wildman–Crippen LogP) is 1.94. The molecule has 0 aliphatic carbocycles. The summed E-state index contributed by atoms with van der Waals surface area (Å²) in [5.74, 6) is 1.15. The van der Waals surface area contributed by atoms with Crippen molar-refractivity contribution in [1.29, 1.82) is 0 Å². The first-order valence-electron chi connectivity index (χ1n) is 8.26. The van der Waals surface area contributed by atoms with Crippen molar-refractivity contribution in [3.05, 3.63) is 57.0 Å². The number of hydrogen-bond donors (Lipinski definition) is 1. The molecule has 25 heavy (non-hydrogen) atoms. The van der Waals surface area contributed by atoms with Gasteiger partial charge in [0.1, 0.15) is 5.56 Å². The number of nitrogens with one attached hydrogen (secondary N) is 1. The lowest BCUT2D eigenvalue weighted by molar-refractivity contribution is 0.0761. The molecule has 0 spiro atoms. The third-order valence-corrected chi connectivity index (χ3v) is 4.58. The molecule has 0 unspecified atom stereocenters. The molecule has 1 aromatic carbocycles. The number of hydrogen-bond acceptors (Lipinski definition) is 4. The topological polar surface area (TPSA) is 71.6 Å². The third-order valence-electron chi connectivity index (χ3n) is 4.58. The molecule has 0 atom stereocenters. The molecule has 6 heteroatoms. The Balaban J connectivity index is 1.84. The Bertz CT molecular complexity index is 822. The minimum absolute atomic E-state index is 0.187. The normalized spacial score (nSPS) is 13.8. The molecular formula is C19H22N2O4. The first-order chi connectivity index (χ1) is 12.0. The summed E-state index contributed by atoms with van der Waals surface area (Å²) in [6, 6.07) is 7.29. The van der Waals surface area contributed by atoms with Crippen LogP contribution in [0.15, 0.2) is 29.1 Å². The van der Waals surface area contributed by atoms with Gasteiger partial charge in [0.15, 0.2) is 11.5 Å². The largest absolute Gasteiger partial charge is 0.493 e. The van der Waals surface area contributed by atoms with E-state index < -0.39 is 0 Å². The number of benzene rings is 1. The number of aryl methyl sites for hydroxylation is 1. The van der Waals surface area contributed by atoms with E-state index in [4.69, 9.17) is 9.47 Å². The zero-order chi connectivity index (χ0) is 18.0. The number of pyridine rings is 1. The number of amides is 1. The van der Waals surface area contributed by atoms with Gasteiger partial charge in [-0.15, -0.1) is 0 Å². The molecule has 1 N–H and O–H groups in total. The minimum atomic E-state index is -0.338. The highest BCUT2D eigenvalue weighted by atomic mass is 16.5. The van der Waals surface area contributed by atoms with Crippen LogP contribution >= 0.6 is 0 Å². The van der Waals surface area contributed by atoms with Gasteiger partial charge in [-0.3, -0.25) is 9.59 Å². The van der Waals surface area contributed by atoms with Crippen LogP contribution in [0.1, 0.15) is 27.2 Å². The average molecular weight is 342 g/mol. The molecule has 1 amide bonds. The second-order valence-electron chi connectivity index (χ2n) is 6.15. The highest BCUT2D eigenvalue weighted by molar-refractivity contribution is 5.93. The van der Waals surface area contributed by atoms with Gasteiger partial charge in [0.05, 0.1) is 14.2 Å². The number of carbonyl (C=O) groups excluding carboxylic acids is 1. The third kappa shape index (κ3) is 3.38. The summed E-state index contributed by atoms with van der Waals surface area (Å²) in [7, 11) is 3.22. The Morgan fingerprint density at radius 2 is 1.60 bits per heavy atom. The summed E-state index contributed by atoms with van der Waals surface area (Å²) in [6.45, 7) is 2.92. The number of nitrogens with zero attached hydrogens (tertiary/aromatic N) is 1. The molecule has 0 radical (unpaired) electrons. The van der Waals surface area contributed by atoms with Crippen molar-refractivity contribution >= 4 is 5.91 Å². The van der Waals surface area contributed by atoms with Crippen LogP contribution in [0.25, 0.3) is 0 Å². The lowest BCUT2D eigenvalue weighted by Crippen LogP contribution is -2.36. The fraction of sp³-hybridized carbons (Fsp3) is 0.368. The fourth-order valence-corrected chi connectivity index (χ4v) is 3.17. The van der Waals surface area contributed by atoms with Gasteiger partial charge >= 0.3 is 0 Å². The maximum absolute atomic E-state index is 12.7. The number of H-pyrrole nitrogens is 1. The van der Waals surface area contributed by atoms with Crippen molar-refractivity contribution in [3.63, 3.8) is 0 Å². The average Bonchev–Trinajstić information content (AvgIpc) is 2.82. The lowest BCUT2D eigenvalue weighted by Gasteiger charge is -2.19. The molecule has 2 heterocycles. The number of rotatable bonds is 3. The summed E-state index contributed by atoms with van der Waals surface area (Å²) >= 11 is 0. The van der Waals surface area contributed by atoms with Crippen molar-refractivity contribution in [2.24, 2.45) is 0 Å². The first-order valence-corrected chi connectivity index (χ1v) is 8.26. The van der Waals surface area contributed by atoms with Crippen LogP contribution in [0.3, 0.4) is 0 Å². The van der Waals surface area contributed by atoms with E-state index in [2.05, 4.69) is 4.98 Å². The van der Waals surface area contributed by atoms with Crippen LogP contribution in [0.4, 0.5) is 0 Å². The molecule has 0 saturated carbocycles. The molecule has 1 aromatic heterocycles. The van der Waals surface area contributed by atoms with Crippen LogP contribution in [-0.4, -0.2) is 43.1 Å². The molecule has 132 valence electrons. The number of carbonyl (C=O) groups is 1. The lowest BCUT2D eigenvalue weighted by atomic mass is 10.0. The molecule has 3 rings (SSSR count). The molecule has 6 nitrogen and oxygen atoms in total. The van der Waals surface area contributed by atoms with E-state index >= 15 is 0 Å². The highest BCUT2D eigenvalue weighted by Crippen LogP contribution is 2.32. The van der Waals surface area contributed by atoms with Crippen molar-refractivity contribution in [2.75, 3.05) is 27.3 Å². The second kappa shape index (κ2) is 7.01. The molecule has 0 bridgehead atoms. The number of ether oxygens (including phenoxy) is 2. The molecule has 2 aromatic rings. The number of fused-ring (bicyclic) bond motifs is 1. The van der Waals surface area contributed by atoms with E-state index in [-0.39, 0.29) is 17.0 Å². The predicted molar refractivity (Wildman–Crippen MR) is 94.7 cm³/mol. The molecule has 1 aliphatic heterocycles. The van der Waals surface area contributed by atoms with Crippen LogP contribution in [0.2, 0.25) is 0 Å². The van der Waals surface area contributed by atoms with E-state index in [0.717, 1.165) is 16.8 Å². The summed E-state index contributed by atoms with van der Waals surface area (Å²) in [5, 5.41) is 0. The highest BCUT2D eigenvalue weighted by Gasteiger charge is 2.23. The maximum atomic E-state index is 12.7. The van der Waals surface area contributed by atoms with Crippen LogP contribution < -0.4 is 15.0 Å². The van der Waals surface area contributed by atoms with Crippen LogP contribution in [0, 0.1) is 6.92 Å². The Hall–Kier alpha value is -2.76. The van der Waals surface area contributed by atoms with Crippen LogP contribution in [0.5, 0.6) is 11.5 Å². The first kappa shape index (κ1) is 17.1. The van der Waals surface area contributed by atoms with Crippen molar-refractivity contribution in [2.45, 2.75) is 19.8 Å². The fourth-order valence-electron chi connectivity index (χ4n) is 3.17. The molecule has 1 aliphatic rings. The quantitative estimate of drug-likeness (QED) is 0.925. The van der Waals surface area contributed by atoms with Crippen molar-refractivity contribution in [3.8, 4) is 11.5 Å². The Morgan fingerprint density at radius 1 is 1.04 bits per heavy atom.